The molecule has 1 aromatic carbocycles. The Balaban J connectivity index is 2.11. The van der Waals surface area contributed by atoms with Crippen molar-refractivity contribution in [2.24, 2.45) is 5.73 Å². The van der Waals surface area contributed by atoms with E-state index >= 15 is 0 Å². The molecule has 2 aromatic rings. The first kappa shape index (κ1) is 15.2. The van der Waals surface area contributed by atoms with Crippen LogP contribution in [0, 0.1) is 5.41 Å². The molecule has 0 aliphatic rings. The molecule has 0 atom stereocenters. The number of sulfonamides is 1. The van der Waals surface area contributed by atoms with Gasteiger partial charge in [0.2, 0.25) is 0 Å². The van der Waals surface area contributed by atoms with Crippen LogP contribution in [0.15, 0.2) is 41.8 Å². The Morgan fingerprint density at radius 1 is 1.48 bits per heavy atom. The highest BCUT2D eigenvalue weighted by Crippen LogP contribution is 2.08. The van der Waals surface area contributed by atoms with Crippen LogP contribution in [0.1, 0.15) is 18.1 Å². The average Bonchev–Trinajstić information content (AvgIpc) is 2.95. The van der Waals surface area contributed by atoms with Crippen LogP contribution in [0.5, 0.6) is 0 Å². The van der Waals surface area contributed by atoms with Crippen molar-refractivity contribution in [3.63, 3.8) is 0 Å². The first-order valence-corrected chi connectivity index (χ1v) is 7.85. The second kappa shape index (κ2) is 6.06. The molecule has 0 unspecified atom stereocenters. The minimum atomic E-state index is -3.65. The van der Waals surface area contributed by atoms with Gasteiger partial charge in [-0.15, -0.1) is 0 Å². The summed E-state index contributed by atoms with van der Waals surface area (Å²) >= 11 is 0. The number of benzene rings is 1. The quantitative estimate of drug-likeness (QED) is 0.537. The van der Waals surface area contributed by atoms with E-state index in [-0.39, 0.29) is 17.4 Å². The van der Waals surface area contributed by atoms with E-state index in [0.717, 1.165) is 5.56 Å². The van der Waals surface area contributed by atoms with Gasteiger partial charge < -0.3 is 10.3 Å². The standard InChI is InChI=1S/C13H17N5O2S/c1-2-18-8-12(16-9-18)21(19,20)17-7-10-4-3-5-11(6-10)13(14)15/h3-6,8-9,17H,2,7H2,1H3,(H3,14,15). The van der Waals surface area contributed by atoms with Crippen molar-refractivity contribution < 1.29 is 8.42 Å². The summed E-state index contributed by atoms with van der Waals surface area (Å²) in [4.78, 5) is 3.88. The summed E-state index contributed by atoms with van der Waals surface area (Å²) in [5.74, 6) is -0.0543. The van der Waals surface area contributed by atoms with Crippen LogP contribution in [0.3, 0.4) is 0 Å². The monoisotopic (exact) mass is 307 g/mol. The Kier molecular flexibility index (Phi) is 4.39. The third-order valence-electron chi connectivity index (χ3n) is 2.95. The number of aromatic nitrogens is 2. The highest BCUT2D eigenvalue weighted by molar-refractivity contribution is 7.89. The Hall–Kier alpha value is -2.19. The maximum atomic E-state index is 12.1. The molecule has 7 nitrogen and oxygen atoms in total. The van der Waals surface area contributed by atoms with Gasteiger partial charge >= 0.3 is 0 Å². The van der Waals surface area contributed by atoms with Crippen molar-refractivity contribution >= 4 is 15.9 Å². The number of nitrogens with zero attached hydrogens (tertiary/aromatic N) is 2. The van der Waals surface area contributed by atoms with Crippen LogP contribution in [0.25, 0.3) is 0 Å². The second-order valence-electron chi connectivity index (χ2n) is 4.48. The van der Waals surface area contributed by atoms with Crippen LogP contribution in [-0.4, -0.2) is 23.8 Å². The van der Waals surface area contributed by atoms with E-state index in [1.807, 2.05) is 6.92 Å². The zero-order chi connectivity index (χ0) is 15.5. The number of rotatable bonds is 6. The van der Waals surface area contributed by atoms with Crippen LogP contribution in [-0.2, 0) is 23.1 Å². The molecule has 21 heavy (non-hydrogen) atoms. The number of imidazole rings is 1. The smallest absolute Gasteiger partial charge is 0.259 e. The number of aryl methyl sites for hydroxylation is 1. The van der Waals surface area contributed by atoms with Crippen molar-refractivity contribution in [2.75, 3.05) is 0 Å². The van der Waals surface area contributed by atoms with E-state index in [4.69, 9.17) is 11.1 Å². The Morgan fingerprint density at radius 3 is 2.86 bits per heavy atom. The minimum Gasteiger partial charge on any atom is -0.384 e. The summed E-state index contributed by atoms with van der Waals surface area (Å²) in [6.45, 7) is 2.67. The predicted octanol–water partition coefficient (Wildman–Crippen LogP) is 0.666. The van der Waals surface area contributed by atoms with Gasteiger partial charge in [-0.1, -0.05) is 18.2 Å². The van der Waals surface area contributed by atoms with Crippen molar-refractivity contribution in [3.05, 3.63) is 47.9 Å². The number of nitrogens with two attached hydrogens (primary N) is 1. The summed E-state index contributed by atoms with van der Waals surface area (Å²) in [7, 11) is -3.65. The lowest BCUT2D eigenvalue weighted by atomic mass is 10.1. The Bertz CT molecular complexity index is 751. The first-order valence-electron chi connectivity index (χ1n) is 6.37. The van der Waals surface area contributed by atoms with E-state index < -0.39 is 10.0 Å². The molecule has 4 N–H and O–H groups in total. The lowest BCUT2D eigenvalue weighted by Crippen LogP contribution is -2.24. The summed E-state index contributed by atoms with van der Waals surface area (Å²) in [6.07, 6.45) is 2.96. The molecule has 0 bridgehead atoms. The van der Waals surface area contributed by atoms with Crippen LogP contribution in [0.2, 0.25) is 0 Å². The van der Waals surface area contributed by atoms with Crippen LogP contribution >= 0.6 is 0 Å². The number of nitrogens with one attached hydrogen (secondary N) is 2. The SMILES string of the molecule is CCn1cnc(S(=O)(=O)NCc2cccc(C(=N)N)c2)c1. The Labute approximate surface area is 123 Å². The van der Waals surface area contributed by atoms with Crippen molar-refractivity contribution in [2.45, 2.75) is 25.0 Å². The molecular formula is C13H17N5O2S. The van der Waals surface area contributed by atoms with Gasteiger partial charge in [0.15, 0.2) is 5.03 Å². The van der Waals surface area contributed by atoms with Crippen molar-refractivity contribution in [1.29, 1.82) is 5.41 Å². The fraction of sp³-hybridized carbons (Fsp3) is 0.231. The normalized spacial score (nSPS) is 11.5. The van der Waals surface area contributed by atoms with Crippen LogP contribution < -0.4 is 10.5 Å². The number of hydrogen-bond acceptors (Lipinski definition) is 4. The molecule has 0 radical (unpaired) electrons. The first-order chi connectivity index (χ1) is 9.92. The maximum absolute atomic E-state index is 12.1. The predicted molar refractivity (Wildman–Crippen MR) is 79.4 cm³/mol. The topological polar surface area (TPSA) is 114 Å². The molecule has 0 amide bonds. The lowest BCUT2D eigenvalue weighted by Gasteiger charge is -2.06. The minimum absolute atomic E-state index is 0.00734. The van der Waals surface area contributed by atoms with E-state index in [1.165, 1.54) is 12.5 Å². The molecule has 0 fully saturated rings. The van der Waals surface area contributed by atoms with Gasteiger partial charge in [0.25, 0.3) is 10.0 Å². The van der Waals surface area contributed by atoms with E-state index in [0.29, 0.717) is 12.1 Å². The van der Waals surface area contributed by atoms with Gasteiger partial charge in [-0.05, 0) is 18.6 Å². The largest absolute Gasteiger partial charge is 0.384 e. The van der Waals surface area contributed by atoms with Gasteiger partial charge in [0, 0.05) is 24.8 Å². The summed E-state index contributed by atoms with van der Waals surface area (Å²) in [5, 5.41) is 7.36. The van der Waals surface area contributed by atoms with Crippen LogP contribution in [0.4, 0.5) is 0 Å². The fourth-order valence-corrected chi connectivity index (χ4v) is 2.72. The fourth-order valence-electron chi connectivity index (χ4n) is 1.75. The molecule has 2 rings (SSSR count). The highest BCUT2D eigenvalue weighted by atomic mass is 32.2. The number of nitrogen functional groups attached to an aromatic ring is 1. The van der Waals surface area contributed by atoms with Gasteiger partial charge in [0.1, 0.15) is 5.84 Å². The molecule has 8 heteroatoms. The third-order valence-corrected chi connectivity index (χ3v) is 4.24. The molecule has 0 saturated carbocycles. The maximum Gasteiger partial charge on any atom is 0.259 e. The molecule has 0 saturated heterocycles. The zero-order valence-electron chi connectivity index (χ0n) is 11.6. The number of amidine groups is 1. The molecule has 0 spiro atoms. The van der Waals surface area contributed by atoms with Crippen molar-refractivity contribution in [1.82, 2.24) is 14.3 Å². The van der Waals surface area contributed by atoms with Gasteiger partial charge in [0.05, 0.1) is 6.33 Å². The molecule has 112 valence electrons. The Morgan fingerprint density at radius 2 is 2.24 bits per heavy atom. The third kappa shape index (κ3) is 3.67. The average molecular weight is 307 g/mol. The molecule has 1 aromatic heterocycles. The van der Waals surface area contributed by atoms with E-state index in [2.05, 4.69) is 9.71 Å². The van der Waals surface area contributed by atoms with Crippen molar-refractivity contribution in [3.8, 4) is 0 Å². The lowest BCUT2D eigenvalue weighted by molar-refractivity contribution is 0.578. The van der Waals surface area contributed by atoms with Gasteiger partial charge in [-0.3, -0.25) is 5.41 Å². The number of hydrogen-bond donors (Lipinski definition) is 3. The highest BCUT2D eigenvalue weighted by Gasteiger charge is 2.16. The van der Waals surface area contributed by atoms with Gasteiger partial charge in [-0.25, -0.2) is 18.1 Å². The molecular weight excluding hydrogens is 290 g/mol. The summed E-state index contributed by atoms with van der Waals surface area (Å²) in [6, 6.07) is 6.87. The molecule has 0 aliphatic heterocycles. The summed E-state index contributed by atoms with van der Waals surface area (Å²) in [5.41, 5.74) is 6.69. The molecule has 1 heterocycles. The zero-order valence-corrected chi connectivity index (χ0v) is 12.4. The van der Waals surface area contributed by atoms with E-state index in [1.54, 1.807) is 28.8 Å². The summed E-state index contributed by atoms with van der Waals surface area (Å²) < 4.78 is 28.4. The second-order valence-corrected chi connectivity index (χ2v) is 6.19. The van der Waals surface area contributed by atoms with E-state index in [9.17, 15) is 8.42 Å². The van der Waals surface area contributed by atoms with Gasteiger partial charge in [-0.2, -0.15) is 0 Å². The molecule has 0 aliphatic carbocycles.